The van der Waals surface area contributed by atoms with E-state index < -0.39 is 0 Å². The molecule has 0 aliphatic rings. The normalized spacial score (nSPS) is 10.6. The van der Waals surface area contributed by atoms with Crippen LogP contribution in [0.25, 0.3) is 0 Å². The zero-order valence-corrected chi connectivity index (χ0v) is 11.5. The van der Waals surface area contributed by atoms with E-state index in [0.29, 0.717) is 11.0 Å². The van der Waals surface area contributed by atoms with Crippen LogP contribution in [0, 0.1) is 0 Å². The van der Waals surface area contributed by atoms with Gasteiger partial charge in [-0.15, -0.1) is 0 Å². The Kier molecular flexibility index (Phi) is 6.12. The fourth-order valence-electron chi connectivity index (χ4n) is 1.28. The molecule has 0 aromatic heterocycles. The molecule has 0 aliphatic heterocycles. The Morgan fingerprint density at radius 3 is 2.47 bits per heavy atom. The number of ether oxygens (including phenoxy) is 1. The van der Waals surface area contributed by atoms with Crippen LogP contribution in [0.1, 0.15) is 37.6 Å². The molecule has 0 radical (unpaired) electrons. The second-order valence-corrected chi connectivity index (χ2v) is 5.72. The van der Waals surface area contributed by atoms with Crippen molar-refractivity contribution >= 4 is 17.5 Å². The number of thioether (sulfide) groups is 1. The summed E-state index contributed by atoms with van der Waals surface area (Å²) < 4.78 is 5.47. The van der Waals surface area contributed by atoms with Crippen molar-refractivity contribution < 1.29 is 9.53 Å². The minimum absolute atomic E-state index is 0.186. The third-order valence-corrected chi connectivity index (χ3v) is 3.29. The van der Waals surface area contributed by atoms with Gasteiger partial charge >= 0.3 is 0 Å². The number of benzene rings is 1. The Hall–Kier alpha value is -0.960. The van der Waals surface area contributed by atoms with Gasteiger partial charge in [-0.05, 0) is 35.9 Å². The van der Waals surface area contributed by atoms with Crippen molar-refractivity contribution in [2.45, 2.75) is 32.4 Å². The van der Waals surface area contributed by atoms with E-state index in [9.17, 15) is 4.79 Å². The maximum atomic E-state index is 11.8. The Labute approximate surface area is 108 Å². The first-order chi connectivity index (χ1) is 8.13. The van der Waals surface area contributed by atoms with Gasteiger partial charge in [0, 0.05) is 5.56 Å². The van der Waals surface area contributed by atoms with Gasteiger partial charge in [0.15, 0.2) is 5.78 Å². The molecule has 1 aromatic carbocycles. The molecular formula is C14H20O2S. The van der Waals surface area contributed by atoms with E-state index in [-0.39, 0.29) is 5.78 Å². The van der Waals surface area contributed by atoms with Gasteiger partial charge in [0.25, 0.3) is 0 Å². The Bertz CT molecular complexity index is 344. The van der Waals surface area contributed by atoms with Gasteiger partial charge in [0.05, 0.1) is 12.4 Å². The monoisotopic (exact) mass is 252 g/mol. The Morgan fingerprint density at radius 1 is 1.29 bits per heavy atom. The van der Waals surface area contributed by atoms with Gasteiger partial charge in [0.2, 0.25) is 0 Å². The molecule has 1 rings (SSSR count). The van der Waals surface area contributed by atoms with Crippen LogP contribution in [0.15, 0.2) is 24.3 Å². The first-order valence-corrected chi connectivity index (χ1v) is 7.06. The number of ketones is 1. The SMILES string of the molecule is CCCOc1ccc(C(=O)CSC(C)C)cc1. The molecule has 2 nitrogen and oxygen atoms in total. The van der Waals surface area contributed by atoms with E-state index in [0.717, 1.165) is 24.3 Å². The molecule has 0 amide bonds. The molecule has 1 aromatic rings. The summed E-state index contributed by atoms with van der Waals surface area (Å²) >= 11 is 1.67. The van der Waals surface area contributed by atoms with Crippen molar-refractivity contribution in [2.24, 2.45) is 0 Å². The molecule has 3 heteroatoms. The summed E-state index contributed by atoms with van der Waals surface area (Å²) in [4.78, 5) is 11.8. The quantitative estimate of drug-likeness (QED) is 0.690. The molecule has 0 atom stereocenters. The standard InChI is InChI=1S/C14H20O2S/c1-4-9-16-13-7-5-12(6-8-13)14(15)10-17-11(2)3/h5-8,11H,4,9-10H2,1-3H3. The van der Waals surface area contributed by atoms with Crippen molar-refractivity contribution in [3.63, 3.8) is 0 Å². The lowest BCUT2D eigenvalue weighted by molar-refractivity contribution is 0.102. The fraction of sp³-hybridized carbons (Fsp3) is 0.500. The van der Waals surface area contributed by atoms with Crippen LogP contribution in [-0.2, 0) is 0 Å². The Morgan fingerprint density at radius 2 is 1.94 bits per heavy atom. The molecule has 17 heavy (non-hydrogen) atoms. The van der Waals surface area contributed by atoms with Crippen LogP contribution in [0.5, 0.6) is 5.75 Å². The molecular weight excluding hydrogens is 232 g/mol. The summed E-state index contributed by atoms with van der Waals surface area (Å²) in [5.41, 5.74) is 0.766. The first-order valence-electron chi connectivity index (χ1n) is 6.01. The summed E-state index contributed by atoms with van der Waals surface area (Å²) in [6.07, 6.45) is 0.992. The zero-order valence-electron chi connectivity index (χ0n) is 10.7. The zero-order chi connectivity index (χ0) is 12.7. The van der Waals surface area contributed by atoms with Gasteiger partial charge in [-0.1, -0.05) is 20.8 Å². The highest BCUT2D eigenvalue weighted by atomic mass is 32.2. The lowest BCUT2D eigenvalue weighted by Crippen LogP contribution is -2.05. The summed E-state index contributed by atoms with van der Waals surface area (Å²) in [6.45, 7) is 6.98. The number of rotatable bonds is 7. The van der Waals surface area contributed by atoms with Crippen molar-refractivity contribution in [3.05, 3.63) is 29.8 Å². The Balaban J connectivity index is 2.51. The summed E-state index contributed by atoms with van der Waals surface area (Å²) in [5, 5.41) is 0.492. The molecule has 0 aliphatic carbocycles. The van der Waals surface area contributed by atoms with Crippen LogP contribution >= 0.6 is 11.8 Å². The second kappa shape index (κ2) is 7.38. The highest BCUT2D eigenvalue weighted by Gasteiger charge is 2.07. The van der Waals surface area contributed by atoms with Gasteiger partial charge in [-0.25, -0.2) is 0 Å². The van der Waals surface area contributed by atoms with Crippen LogP contribution < -0.4 is 4.74 Å². The van der Waals surface area contributed by atoms with Crippen molar-refractivity contribution in [3.8, 4) is 5.75 Å². The highest BCUT2D eigenvalue weighted by molar-refractivity contribution is 8.00. The third-order valence-electron chi connectivity index (χ3n) is 2.20. The fourth-order valence-corrected chi connectivity index (χ4v) is 1.93. The lowest BCUT2D eigenvalue weighted by atomic mass is 10.1. The first kappa shape index (κ1) is 14.1. The van der Waals surface area contributed by atoms with E-state index in [1.807, 2.05) is 24.3 Å². The van der Waals surface area contributed by atoms with Crippen molar-refractivity contribution in [2.75, 3.05) is 12.4 Å². The van der Waals surface area contributed by atoms with Crippen LogP contribution in [-0.4, -0.2) is 23.4 Å². The van der Waals surface area contributed by atoms with Gasteiger partial charge in [-0.2, -0.15) is 11.8 Å². The molecule has 0 spiro atoms. The molecule has 0 heterocycles. The number of hydrogen-bond acceptors (Lipinski definition) is 3. The van der Waals surface area contributed by atoms with Gasteiger partial charge in [0.1, 0.15) is 5.75 Å². The molecule has 0 saturated carbocycles. The smallest absolute Gasteiger partial charge is 0.172 e. The maximum Gasteiger partial charge on any atom is 0.172 e. The number of Topliss-reactive ketones (excluding diaryl/α,β-unsaturated/α-hetero) is 1. The van der Waals surface area contributed by atoms with Crippen molar-refractivity contribution in [1.29, 1.82) is 0 Å². The second-order valence-electron chi connectivity index (χ2n) is 4.16. The molecule has 0 N–H and O–H groups in total. The lowest BCUT2D eigenvalue weighted by Gasteiger charge is -2.06. The number of hydrogen-bond donors (Lipinski definition) is 0. The average Bonchev–Trinajstić information content (AvgIpc) is 2.34. The minimum atomic E-state index is 0.186. The molecule has 0 unspecified atom stereocenters. The number of carbonyl (C=O) groups excluding carboxylic acids is 1. The van der Waals surface area contributed by atoms with E-state index >= 15 is 0 Å². The number of carbonyl (C=O) groups is 1. The molecule has 0 saturated heterocycles. The van der Waals surface area contributed by atoms with Crippen molar-refractivity contribution in [1.82, 2.24) is 0 Å². The molecule has 94 valence electrons. The van der Waals surface area contributed by atoms with E-state index in [4.69, 9.17) is 4.74 Å². The van der Waals surface area contributed by atoms with E-state index in [2.05, 4.69) is 20.8 Å². The van der Waals surface area contributed by atoms with Crippen LogP contribution in [0.2, 0.25) is 0 Å². The predicted molar refractivity (Wildman–Crippen MR) is 74.2 cm³/mol. The van der Waals surface area contributed by atoms with E-state index in [1.54, 1.807) is 11.8 Å². The van der Waals surface area contributed by atoms with Gasteiger partial charge in [-0.3, -0.25) is 4.79 Å². The van der Waals surface area contributed by atoms with E-state index in [1.165, 1.54) is 0 Å². The maximum absolute atomic E-state index is 11.8. The predicted octanol–water partition coefficient (Wildman–Crippen LogP) is 3.80. The minimum Gasteiger partial charge on any atom is -0.494 e. The summed E-state index contributed by atoms with van der Waals surface area (Å²) in [7, 11) is 0. The molecule has 0 bridgehead atoms. The largest absolute Gasteiger partial charge is 0.494 e. The summed E-state index contributed by atoms with van der Waals surface area (Å²) in [6, 6.07) is 7.41. The topological polar surface area (TPSA) is 26.3 Å². The third kappa shape index (κ3) is 5.26. The highest BCUT2D eigenvalue weighted by Crippen LogP contribution is 2.16. The van der Waals surface area contributed by atoms with Crippen LogP contribution in [0.3, 0.4) is 0 Å². The summed E-state index contributed by atoms with van der Waals surface area (Å²) in [5.74, 6) is 1.57. The molecule has 0 fully saturated rings. The van der Waals surface area contributed by atoms with Crippen LogP contribution in [0.4, 0.5) is 0 Å². The van der Waals surface area contributed by atoms with Gasteiger partial charge < -0.3 is 4.74 Å². The average molecular weight is 252 g/mol.